The Morgan fingerprint density at radius 1 is 1.35 bits per heavy atom. The van der Waals surface area contributed by atoms with Gasteiger partial charge in [-0.15, -0.1) is 11.3 Å². The summed E-state index contributed by atoms with van der Waals surface area (Å²) in [5.74, 6) is -0.933. The van der Waals surface area contributed by atoms with Gasteiger partial charge in [-0.05, 0) is 44.0 Å². The lowest BCUT2D eigenvalue weighted by Crippen LogP contribution is -2.43. The van der Waals surface area contributed by atoms with Gasteiger partial charge in [-0.1, -0.05) is 0 Å². The Labute approximate surface area is 156 Å². The first-order chi connectivity index (χ1) is 12.2. The second-order valence-electron chi connectivity index (χ2n) is 6.38. The molecule has 140 valence electrons. The number of rotatable bonds is 4. The van der Waals surface area contributed by atoms with E-state index in [1.54, 1.807) is 12.1 Å². The van der Waals surface area contributed by atoms with Crippen LogP contribution >= 0.6 is 11.3 Å². The first kappa shape index (κ1) is 18.9. The summed E-state index contributed by atoms with van der Waals surface area (Å²) >= 11 is 1.34. The van der Waals surface area contributed by atoms with Crippen molar-refractivity contribution >= 4 is 32.4 Å². The predicted molar refractivity (Wildman–Crippen MR) is 100 cm³/mol. The number of hydrogen-bond acceptors (Lipinski definition) is 5. The van der Waals surface area contributed by atoms with Gasteiger partial charge in [-0.25, -0.2) is 22.1 Å². The zero-order chi connectivity index (χ0) is 18.9. The summed E-state index contributed by atoms with van der Waals surface area (Å²) in [5, 5.41) is 3.26. The van der Waals surface area contributed by atoms with Crippen molar-refractivity contribution in [1.82, 2.24) is 9.29 Å². The molecule has 1 aromatic heterocycles. The fourth-order valence-corrected chi connectivity index (χ4v) is 4.74. The van der Waals surface area contributed by atoms with Gasteiger partial charge >= 0.3 is 0 Å². The molecule has 1 atom stereocenters. The van der Waals surface area contributed by atoms with Gasteiger partial charge in [-0.2, -0.15) is 0 Å². The minimum Gasteiger partial charge on any atom is -0.302 e. The average Bonchev–Trinajstić information content (AvgIpc) is 2.95. The molecule has 2 heterocycles. The number of aromatic nitrogens is 1. The number of piperidine rings is 1. The molecule has 1 aliphatic rings. The molecule has 0 bridgehead atoms. The molecule has 0 spiro atoms. The van der Waals surface area contributed by atoms with E-state index in [0.29, 0.717) is 30.2 Å². The molecule has 2 aromatic rings. The fourth-order valence-electron chi connectivity index (χ4n) is 2.99. The molecular formula is C17H20FN3O3S2. The molecule has 1 aromatic carbocycles. The number of nitrogens with zero attached hydrogens (tertiary/aromatic N) is 2. The number of anilines is 1. The number of amides is 1. The van der Waals surface area contributed by atoms with E-state index in [-0.39, 0.29) is 18.3 Å². The first-order valence-electron chi connectivity index (χ1n) is 8.23. The molecule has 1 fully saturated rings. The smallest absolute Gasteiger partial charge is 0.230 e. The van der Waals surface area contributed by atoms with Gasteiger partial charge in [0.1, 0.15) is 5.82 Å². The Bertz CT molecular complexity index is 910. The van der Waals surface area contributed by atoms with Crippen LogP contribution in [0.1, 0.15) is 17.7 Å². The van der Waals surface area contributed by atoms with Crippen LogP contribution in [0.5, 0.6) is 0 Å². The highest BCUT2D eigenvalue weighted by atomic mass is 32.2. The van der Waals surface area contributed by atoms with Crippen LogP contribution < -0.4 is 5.32 Å². The van der Waals surface area contributed by atoms with Gasteiger partial charge in [0.25, 0.3) is 0 Å². The normalized spacial score (nSPS) is 18.7. The number of thiazole rings is 1. The van der Waals surface area contributed by atoms with Crippen molar-refractivity contribution in [1.29, 1.82) is 0 Å². The number of carbonyl (C=O) groups is 1. The van der Waals surface area contributed by atoms with E-state index in [9.17, 15) is 17.6 Å². The minimum absolute atomic E-state index is 0.194. The highest BCUT2D eigenvalue weighted by molar-refractivity contribution is 7.88. The lowest BCUT2D eigenvalue weighted by molar-refractivity contribution is -0.120. The highest BCUT2D eigenvalue weighted by Gasteiger charge is 2.30. The molecule has 0 radical (unpaired) electrons. The molecule has 1 aliphatic heterocycles. The maximum absolute atomic E-state index is 13.1. The molecular weight excluding hydrogens is 377 g/mol. The standard InChI is InChI=1S/C17H20FN3O3S2/c1-11-15(12-5-7-14(18)8-6-12)19-17(25-11)20-16(22)13-4-3-9-21(10-13)26(2,23)24/h5-8,13H,3-4,9-10H2,1-2H3,(H,19,20,22). The average molecular weight is 397 g/mol. The van der Waals surface area contributed by atoms with Crippen LogP contribution in [0.4, 0.5) is 9.52 Å². The van der Waals surface area contributed by atoms with Crippen LogP contribution in [0.25, 0.3) is 11.3 Å². The molecule has 3 rings (SSSR count). The third kappa shape index (κ3) is 4.28. The number of aryl methyl sites for hydroxylation is 1. The summed E-state index contributed by atoms with van der Waals surface area (Å²) in [7, 11) is -3.30. The van der Waals surface area contributed by atoms with Gasteiger partial charge in [-0.3, -0.25) is 4.79 Å². The van der Waals surface area contributed by atoms with Crippen LogP contribution in [0, 0.1) is 18.7 Å². The van der Waals surface area contributed by atoms with Crippen molar-refractivity contribution in [2.45, 2.75) is 19.8 Å². The van der Waals surface area contributed by atoms with E-state index in [1.165, 1.54) is 27.8 Å². The number of nitrogens with one attached hydrogen (secondary N) is 1. The summed E-state index contributed by atoms with van der Waals surface area (Å²) in [6.07, 6.45) is 2.46. The maximum atomic E-state index is 13.1. The van der Waals surface area contributed by atoms with Crippen molar-refractivity contribution in [3.05, 3.63) is 35.0 Å². The summed E-state index contributed by atoms with van der Waals surface area (Å²) in [4.78, 5) is 17.9. The van der Waals surface area contributed by atoms with Gasteiger partial charge in [0.2, 0.25) is 15.9 Å². The Kier molecular flexibility index (Phi) is 5.40. The Morgan fingerprint density at radius 2 is 2.04 bits per heavy atom. The van der Waals surface area contributed by atoms with Crippen molar-refractivity contribution in [2.24, 2.45) is 5.92 Å². The molecule has 1 unspecified atom stereocenters. The molecule has 0 saturated carbocycles. The SMILES string of the molecule is Cc1sc(NC(=O)C2CCCN(S(C)(=O)=O)C2)nc1-c1ccc(F)cc1. The zero-order valence-corrected chi connectivity index (χ0v) is 16.2. The largest absolute Gasteiger partial charge is 0.302 e. The van der Waals surface area contributed by atoms with Gasteiger partial charge < -0.3 is 5.32 Å². The maximum Gasteiger partial charge on any atom is 0.230 e. The summed E-state index contributed by atoms with van der Waals surface area (Å²) in [5.41, 5.74) is 1.48. The topological polar surface area (TPSA) is 79.4 Å². The number of sulfonamides is 1. The van der Waals surface area contributed by atoms with Crippen LogP contribution in [0.15, 0.2) is 24.3 Å². The second kappa shape index (κ2) is 7.42. The number of benzene rings is 1. The van der Waals surface area contributed by atoms with Gasteiger partial charge in [0.15, 0.2) is 5.13 Å². The van der Waals surface area contributed by atoms with Gasteiger partial charge in [0.05, 0.1) is 17.9 Å². The molecule has 6 nitrogen and oxygen atoms in total. The van der Waals surface area contributed by atoms with Crippen molar-refractivity contribution in [3.63, 3.8) is 0 Å². The fraction of sp³-hybridized carbons (Fsp3) is 0.412. The van der Waals surface area contributed by atoms with Crippen LogP contribution in [-0.4, -0.2) is 43.0 Å². The number of carbonyl (C=O) groups excluding carboxylic acids is 1. The molecule has 1 amide bonds. The summed E-state index contributed by atoms with van der Waals surface area (Å²) in [6.45, 7) is 2.53. The molecule has 9 heteroatoms. The molecule has 0 aliphatic carbocycles. The Balaban J connectivity index is 1.72. The van der Waals surface area contributed by atoms with Crippen LogP contribution in [0.2, 0.25) is 0 Å². The monoisotopic (exact) mass is 397 g/mol. The molecule has 1 N–H and O–H groups in total. The van der Waals surface area contributed by atoms with Gasteiger partial charge in [0, 0.05) is 23.5 Å². The van der Waals surface area contributed by atoms with E-state index in [4.69, 9.17) is 0 Å². The molecule has 1 saturated heterocycles. The van der Waals surface area contributed by atoms with Crippen molar-refractivity contribution in [3.8, 4) is 11.3 Å². The van der Waals surface area contributed by atoms with Crippen LogP contribution in [0.3, 0.4) is 0 Å². The first-order valence-corrected chi connectivity index (χ1v) is 10.9. The lowest BCUT2D eigenvalue weighted by Gasteiger charge is -2.29. The van der Waals surface area contributed by atoms with E-state index >= 15 is 0 Å². The van der Waals surface area contributed by atoms with E-state index < -0.39 is 15.9 Å². The van der Waals surface area contributed by atoms with Crippen LogP contribution in [-0.2, 0) is 14.8 Å². The Hall–Kier alpha value is -1.84. The van der Waals surface area contributed by atoms with Crippen molar-refractivity contribution < 1.29 is 17.6 Å². The lowest BCUT2D eigenvalue weighted by atomic mass is 9.99. The quantitative estimate of drug-likeness (QED) is 0.860. The zero-order valence-electron chi connectivity index (χ0n) is 14.5. The minimum atomic E-state index is -3.30. The third-order valence-corrected chi connectivity index (χ3v) is 6.52. The Morgan fingerprint density at radius 3 is 2.69 bits per heavy atom. The predicted octanol–water partition coefficient (Wildman–Crippen LogP) is 2.87. The van der Waals surface area contributed by atoms with E-state index in [0.717, 1.165) is 16.7 Å². The summed E-state index contributed by atoms with van der Waals surface area (Å²) in [6, 6.07) is 6.03. The number of halogens is 1. The third-order valence-electron chi connectivity index (χ3n) is 4.37. The second-order valence-corrected chi connectivity index (χ2v) is 9.57. The van der Waals surface area contributed by atoms with E-state index in [2.05, 4.69) is 10.3 Å². The van der Waals surface area contributed by atoms with E-state index in [1.807, 2.05) is 6.92 Å². The highest BCUT2D eigenvalue weighted by Crippen LogP contribution is 2.31. The number of hydrogen-bond donors (Lipinski definition) is 1. The molecule has 26 heavy (non-hydrogen) atoms. The summed E-state index contributed by atoms with van der Waals surface area (Å²) < 4.78 is 37.8. The van der Waals surface area contributed by atoms with Crippen molar-refractivity contribution in [2.75, 3.05) is 24.7 Å².